The maximum atomic E-state index is 13.0. The number of aromatic amines is 1. The van der Waals surface area contributed by atoms with Gasteiger partial charge in [0.1, 0.15) is 0 Å². The number of rotatable bonds is 9. The van der Waals surface area contributed by atoms with Gasteiger partial charge in [-0.2, -0.15) is 0 Å². The highest BCUT2D eigenvalue weighted by atomic mass is 32.2. The summed E-state index contributed by atoms with van der Waals surface area (Å²) in [5, 5.41) is 18.7. The average molecular weight is 428 g/mol. The van der Waals surface area contributed by atoms with Crippen molar-refractivity contribution in [3.63, 3.8) is 0 Å². The number of hydrogen-bond acceptors (Lipinski definition) is 6. The lowest BCUT2D eigenvalue weighted by molar-refractivity contribution is -0.117. The molecule has 0 aliphatic heterocycles. The monoisotopic (exact) mass is 427 g/mol. The normalized spacial score (nSPS) is 17.2. The first kappa shape index (κ1) is 23.4. The molecule has 2 rings (SSSR count). The molecule has 1 aliphatic carbocycles. The number of nitrogens with one attached hydrogen (secondary N) is 4. The molecule has 0 fully saturated rings. The maximum absolute atomic E-state index is 13.0. The lowest BCUT2D eigenvalue weighted by Gasteiger charge is -2.15. The summed E-state index contributed by atoms with van der Waals surface area (Å²) in [5.41, 5.74) is 8.70. The first-order chi connectivity index (χ1) is 14.4. The van der Waals surface area contributed by atoms with Crippen LogP contribution in [0.3, 0.4) is 0 Å². The third kappa shape index (κ3) is 6.32. The summed E-state index contributed by atoms with van der Waals surface area (Å²) >= 11 is 1.58. The smallest absolute Gasteiger partial charge is 0.248 e. The van der Waals surface area contributed by atoms with Gasteiger partial charge in [-0.15, -0.1) is 11.8 Å². The maximum Gasteiger partial charge on any atom is 0.248 e. The van der Waals surface area contributed by atoms with Gasteiger partial charge < -0.3 is 26.9 Å². The second-order valence-electron chi connectivity index (χ2n) is 7.22. The Morgan fingerprint density at radius 1 is 1.47 bits per heavy atom. The van der Waals surface area contributed by atoms with Gasteiger partial charge in [0.05, 0.1) is 0 Å². The lowest BCUT2D eigenvalue weighted by Crippen LogP contribution is -2.26. The third-order valence-electron chi connectivity index (χ3n) is 5.12. The van der Waals surface area contributed by atoms with Crippen LogP contribution < -0.4 is 16.6 Å². The molecule has 8 heteroatoms. The molecule has 1 atom stereocenters. The molecule has 30 heavy (non-hydrogen) atoms. The van der Waals surface area contributed by atoms with Gasteiger partial charge in [0.15, 0.2) is 0 Å². The first-order valence-corrected chi connectivity index (χ1v) is 10.8. The highest BCUT2D eigenvalue weighted by Gasteiger charge is 2.25. The molecule has 1 aromatic rings. The Labute approximate surface area is 180 Å². The number of thioether (sulfide) groups is 1. The van der Waals surface area contributed by atoms with Crippen LogP contribution in [0.15, 0.2) is 57.0 Å². The van der Waals surface area contributed by atoms with Crippen LogP contribution in [-0.2, 0) is 11.3 Å². The van der Waals surface area contributed by atoms with Crippen molar-refractivity contribution < 1.29 is 4.79 Å². The van der Waals surface area contributed by atoms with Crippen LogP contribution in [0.5, 0.6) is 0 Å². The molecule has 0 radical (unpaired) electrons. The lowest BCUT2D eigenvalue weighted by atomic mass is 9.97. The number of amides is 1. The minimum Gasteiger partial charge on any atom is -0.405 e. The number of allylic oxidation sites excluding steroid dienone is 3. The van der Waals surface area contributed by atoms with E-state index >= 15 is 0 Å². The van der Waals surface area contributed by atoms with Crippen molar-refractivity contribution in [2.75, 3.05) is 5.75 Å². The van der Waals surface area contributed by atoms with E-state index in [0.29, 0.717) is 41.4 Å². The topological polar surface area (TPSA) is 136 Å². The first-order valence-electron chi connectivity index (χ1n) is 9.86. The quantitative estimate of drug-likeness (QED) is 0.386. The van der Waals surface area contributed by atoms with Gasteiger partial charge >= 0.3 is 0 Å². The van der Waals surface area contributed by atoms with E-state index in [0.717, 1.165) is 22.5 Å². The van der Waals surface area contributed by atoms with Crippen LogP contribution in [0.1, 0.15) is 38.7 Å². The van der Waals surface area contributed by atoms with Crippen LogP contribution in [0, 0.1) is 16.7 Å². The summed E-state index contributed by atoms with van der Waals surface area (Å²) in [5.74, 6) is 0.748. The number of hydrogen-bond donors (Lipinski definition) is 5. The van der Waals surface area contributed by atoms with E-state index in [4.69, 9.17) is 16.6 Å². The van der Waals surface area contributed by atoms with Crippen LogP contribution in [0.25, 0.3) is 0 Å². The molecule has 0 aromatic carbocycles. The van der Waals surface area contributed by atoms with Gasteiger partial charge in [-0.3, -0.25) is 9.59 Å². The molecule has 0 saturated carbocycles. The summed E-state index contributed by atoms with van der Waals surface area (Å²) in [4.78, 5) is 27.9. The molecule has 1 heterocycles. The Bertz CT molecular complexity index is 958. The van der Waals surface area contributed by atoms with Crippen molar-refractivity contribution in [1.29, 1.82) is 10.8 Å². The second-order valence-corrected chi connectivity index (χ2v) is 8.32. The molecular formula is C22H29N5O2S. The number of aromatic nitrogens is 1. The van der Waals surface area contributed by atoms with E-state index in [1.165, 1.54) is 18.5 Å². The molecule has 1 amide bonds. The highest BCUT2D eigenvalue weighted by Crippen LogP contribution is 2.38. The zero-order valence-corrected chi connectivity index (χ0v) is 18.2. The molecule has 0 bridgehead atoms. The van der Waals surface area contributed by atoms with Gasteiger partial charge in [0.2, 0.25) is 11.5 Å². The van der Waals surface area contributed by atoms with Crippen LogP contribution in [0.2, 0.25) is 0 Å². The Hall–Kier alpha value is -2.87. The summed E-state index contributed by atoms with van der Waals surface area (Å²) < 4.78 is 0. The fourth-order valence-electron chi connectivity index (χ4n) is 3.22. The minimum absolute atomic E-state index is 0.211. The molecule has 160 valence electrons. The van der Waals surface area contributed by atoms with E-state index in [2.05, 4.69) is 24.1 Å². The SMILES string of the molecule is CC1=C(SCCC(=N)/C=C\N)C(C=N)=C(C(=O)NCc2cc[nH]c(=O)c2)CCC1C. The van der Waals surface area contributed by atoms with Crippen molar-refractivity contribution in [1.82, 2.24) is 10.3 Å². The van der Waals surface area contributed by atoms with Gasteiger partial charge in [-0.05, 0) is 56.0 Å². The van der Waals surface area contributed by atoms with Crippen molar-refractivity contribution in [3.05, 3.63) is 68.1 Å². The number of nitrogens with two attached hydrogens (primary N) is 1. The van der Waals surface area contributed by atoms with E-state index < -0.39 is 0 Å². The molecular weight excluding hydrogens is 398 g/mol. The van der Waals surface area contributed by atoms with Crippen molar-refractivity contribution >= 4 is 29.6 Å². The minimum atomic E-state index is -0.215. The molecule has 7 nitrogen and oxygen atoms in total. The predicted molar refractivity (Wildman–Crippen MR) is 124 cm³/mol. The molecule has 0 spiro atoms. The highest BCUT2D eigenvalue weighted by molar-refractivity contribution is 8.03. The molecule has 1 aliphatic rings. The fraction of sp³-hybridized carbons (Fsp3) is 0.364. The zero-order chi connectivity index (χ0) is 22.1. The predicted octanol–water partition coefficient (Wildman–Crippen LogP) is 3.26. The third-order valence-corrected chi connectivity index (χ3v) is 6.36. The van der Waals surface area contributed by atoms with Gasteiger partial charge in [0, 0.05) is 52.5 Å². The second kappa shape index (κ2) is 11.3. The Balaban J connectivity index is 2.22. The zero-order valence-electron chi connectivity index (χ0n) is 17.4. The van der Waals surface area contributed by atoms with Crippen molar-refractivity contribution in [3.8, 4) is 0 Å². The Kier molecular flexibility index (Phi) is 8.86. The molecule has 1 aromatic heterocycles. The Morgan fingerprint density at radius 3 is 2.90 bits per heavy atom. The van der Waals surface area contributed by atoms with Crippen molar-refractivity contribution in [2.45, 2.75) is 39.7 Å². The molecule has 1 unspecified atom stereocenters. The molecule has 6 N–H and O–H groups in total. The van der Waals surface area contributed by atoms with E-state index in [-0.39, 0.29) is 18.0 Å². The number of carbonyl (C=O) groups is 1. The van der Waals surface area contributed by atoms with Crippen LogP contribution >= 0.6 is 11.8 Å². The van der Waals surface area contributed by atoms with E-state index in [1.54, 1.807) is 30.1 Å². The number of carbonyl (C=O) groups excluding carboxylic acids is 1. The molecule has 0 saturated heterocycles. The summed E-state index contributed by atoms with van der Waals surface area (Å²) in [6.45, 7) is 4.44. The number of H-pyrrole nitrogens is 1. The van der Waals surface area contributed by atoms with Gasteiger partial charge in [-0.25, -0.2) is 0 Å². The van der Waals surface area contributed by atoms with E-state index in [1.807, 2.05) is 0 Å². The van der Waals surface area contributed by atoms with Crippen LogP contribution in [-0.4, -0.2) is 28.6 Å². The largest absolute Gasteiger partial charge is 0.405 e. The number of pyridine rings is 1. The van der Waals surface area contributed by atoms with Gasteiger partial charge in [0.25, 0.3) is 0 Å². The van der Waals surface area contributed by atoms with Crippen LogP contribution in [0.4, 0.5) is 0 Å². The van der Waals surface area contributed by atoms with Crippen molar-refractivity contribution in [2.24, 2.45) is 11.7 Å². The standard InChI is InChI=1S/C22H29N5O2S/c1-14-3-4-18(22(29)27-13-16-6-9-26-20(28)11-16)19(12-24)21(15(14)2)30-10-7-17(25)5-8-23/h5-6,8-9,11-12,14,24-25H,3-4,7,10,13,23H2,1-2H3,(H,26,28)(H,27,29)/b8-5-,24-12?,25-17?. The summed E-state index contributed by atoms with van der Waals surface area (Å²) in [6, 6.07) is 3.20. The Morgan fingerprint density at radius 2 is 2.23 bits per heavy atom. The average Bonchev–Trinajstić information content (AvgIpc) is 2.83. The summed E-state index contributed by atoms with van der Waals surface area (Å²) in [6.07, 6.45) is 7.70. The summed E-state index contributed by atoms with van der Waals surface area (Å²) in [7, 11) is 0. The van der Waals surface area contributed by atoms with Gasteiger partial charge in [-0.1, -0.05) is 12.5 Å². The van der Waals surface area contributed by atoms with E-state index in [9.17, 15) is 9.59 Å². The fourth-order valence-corrected chi connectivity index (χ4v) is 4.51.